The molecule has 134 valence electrons. The molecule has 3 nitrogen and oxygen atoms in total. The summed E-state index contributed by atoms with van der Waals surface area (Å²) in [5.74, 6) is 0.278. The number of phenolic OH excluding ortho intramolecular Hbond substituents is 1. The smallest absolute Gasteiger partial charge is 0.178 e. The Hall–Kier alpha value is -1.01. The van der Waals surface area contributed by atoms with Crippen molar-refractivity contribution in [3.63, 3.8) is 0 Å². The maximum atomic E-state index is 10.7. The van der Waals surface area contributed by atoms with Gasteiger partial charge >= 0.3 is 0 Å². The van der Waals surface area contributed by atoms with Gasteiger partial charge in [-0.05, 0) is 56.6 Å². The fraction of sp³-hybridized carbons (Fsp3) is 0.263. The highest BCUT2D eigenvalue weighted by Gasteiger charge is 2.21. The first-order chi connectivity index (χ1) is 11.6. The lowest BCUT2D eigenvalue weighted by atomic mass is 10.0. The van der Waals surface area contributed by atoms with Gasteiger partial charge in [-0.25, -0.2) is 0 Å². The Morgan fingerprint density at radius 1 is 1.08 bits per heavy atom. The van der Waals surface area contributed by atoms with Gasteiger partial charge in [0.05, 0.1) is 4.47 Å². The van der Waals surface area contributed by atoms with Crippen LogP contribution in [0.15, 0.2) is 50.0 Å². The predicted octanol–water partition coefficient (Wildman–Crippen LogP) is 6.59. The maximum Gasteiger partial charge on any atom is 0.178 e. The number of halogens is 3. The molecule has 0 spiro atoms. The van der Waals surface area contributed by atoms with Crippen LogP contribution in [-0.4, -0.2) is 23.1 Å². The Morgan fingerprint density at radius 3 is 2.32 bits per heavy atom. The summed E-state index contributed by atoms with van der Waals surface area (Å²) in [4.78, 5) is 2.25. The van der Waals surface area contributed by atoms with E-state index in [2.05, 4.69) is 50.6 Å². The second-order valence-electron chi connectivity index (χ2n) is 5.65. The lowest BCUT2D eigenvalue weighted by Crippen LogP contribution is -2.22. The van der Waals surface area contributed by atoms with Crippen molar-refractivity contribution in [2.45, 2.75) is 20.4 Å². The molecular weight excluding hydrogens is 469 g/mol. The van der Waals surface area contributed by atoms with E-state index in [0.29, 0.717) is 15.7 Å². The summed E-state index contributed by atoms with van der Waals surface area (Å²) in [6, 6.07) is 12.0. The largest absolute Gasteiger partial charge is 0.506 e. The van der Waals surface area contributed by atoms with Crippen LogP contribution in [0.5, 0.6) is 5.75 Å². The molecule has 0 fully saturated rings. The van der Waals surface area contributed by atoms with Crippen LogP contribution in [0.3, 0.4) is 0 Å². The quantitative estimate of drug-likeness (QED) is 0.439. The van der Waals surface area contributed by atoms with Crippen molar-refractivity contribution < 1.29 is 9.52 Å². The molecule has 6 heteroatoms. The van der Waals surface area contributed by atoms with Crippen LogP contribution < -0.4 is 0 Å². The first kappa shape index (κ1) is 20.3. The molecule has 1 N–H and O–H groups in total. The molecule has 0 saturated heterocycles. The first-order valence-electron chi connectivity index (χ1n) is 7.96. The average molecular weight is 490 g/mol. The van der Waals surface area contributed by atoms with Crippen LogP contribution in [0.2, 0.25) is 0 Å². The average Bonchev–Trinajstić information content (AvgIpc) is 2.93. The van der Waals surface area contributed by atoms with E-state index in [-0.39, 0.29) is 18.2 Å². The van der Waals surface area contributed by atoms with Gasteiger partial charge in [0.1, 0.15) is 11.3 Å². The molecule has 0 saturated carbocycles. The molecule has 25 heavy (non-hydrogen) atoms. The van der Waals surface area contributed by atoms with E-state index in [1.165, 1.54) is 0 Å². The molecule has 0 atom stereocenters. The molecule has 1 aromatic heterocycles. The summed E-state index contributed by atoms with van der Waals surface area (Å²) in [6.07, 6.45) is 0. The number of hydrogen-bond acceptors (Lipinski definition) is 3. The summed E-state index contributed by atoms with van der Waals surface area (Å²) in [5.41, 5.74) is 3.60. The zero-order chi connectivity index (χ0) is 17.3. The summed E-state index contributed by atoms with van der Waals surface area (Å²) < 4.78 is 7.28. The van der Waals surface area contributed by atoms with Crippen molar-refractivity contribution in [3.8, 4) is 16.9 Å². The molecule has 0 aliphatic carbocycles. The summed E-state index contributed by atoms with van der Waals surface area (Å²) in [7, 11) is 0. The number of rotatable bonds is 5. The van der Waals surface area contributed by atoms with Crippen LogP contribution in [0.25, 0.3) is 22.1 Å². The molecule has 0 bridgehead atoms. The van der Waals surface area contributed by atoms with Gasteiger partial charge < -0.3 is 9.52 Å². The van der Waals surface area contributed by atoms with Gasteiger partial charge in [-0.15, -0.1) is 12.4 Å². The van der Waals surface area contributed by atoms with Gasteiger partial charge in [0.25, 0.3) is 0 Å². The zero-order valence-electron chi connectivity index (χ0n) is 14.1. The molecule has 2 aromatic carbocycles. The van der Waals surface area contributed by atoms with E-state index >= 15 is 0 Å². The van der Waals surface area contributed by atoms with E-state index in [1.807, 2.05) is 36.4 Å². The Morgan fingerprint density at radius 2 is 1.72 bits per heavy atom. The predicted molar refractivity (Wildman–Crippen MR) is 113 cm³/mol. The van der Waals surface area contributed by atoms with Crippen LogP contribution in [0.4, 0.5) is 0 Å². The second kappa shape index (κ2) is 8.58. The normalized spacial score (nSPS) is 11.1. The van der Waals surface area contributed by atoms with Crippen LogP contribution >= 0.6 is 44.3 Å². The minimum atomic E-state index is 0. The van der Waals surface area contributed by atoms with E-state index in [0.717, 1.165) is 40.7 Å². The third-order valence-electron chi connectivity index (χ3n) is 4.28. The molecule has 0 aliphatic rings. The number of fused-ring (bicyclic) bond motifs is 1. The number of furan rings is 1. The highest BCUT2D eigenvalue weighted by Crippen LogP contribution is 2.46. The van der Waals surface area contributed by atoms with Crippen LogP contribution in [0, 0.1) is 0 Å². The van der Waals surface area contributed by atoms with E-state index < -0.39 is 0 Å². The molecule has 0 unspecified atom stereocenters. The zero-order valence-corrected chi connectivity index (χ0v) is 18.0. The van der Waals surface area contributed by atoms with Gasteiger partial charge in [-0.3, -0.25) is 4.90 Å². The Balaban J connectivity index is 0.00000225. The molecule has 3 rings (SSSR count). The molecule has 0 amide bonds. The molecule has 0 radical (unpaired) electrons. The number of aromatic hydroxyl groups is 1. The Kier molecular flexibility index (Phi) is 6.97. The minimum Gasteiger partial charge on any atom is -0.506 e. The molecule has 1 heterocycles. The van der Waals surface area contributed by atoms with Crippen molar-refractivity contribution >= 4 is 55.2 Å². The highest BCUT2D eigenvalue weighted by atomic mass is 79.9. The van der Waals surface area contributed by atoms with E-state index in [9.17, 15) is 5.11 Å². The van der Waals surface area contributed by atoms with E-state index in [4.69, 9.17) is 4.42 Å². The Bertz CT molecular complexity index is 861. The van der Waals surface area contributed by atoms with Crippen molar-refractivity contribution in [1.29, 1.82) is 0 Å². The van der Waals surface area contributed by atoms with Crippen molar-refractivity contribution in [1.82, 2.24) is 4.90 Å². The standard InChI is InChI=1S/C19H19Br2NO2.ClH/c1-3-22(4-2)11-13-10-14-16(17(20)18(13)23)15(19(21)24-14)12-8-6-5-7-9-12;/h5-10,23H,3-4,11H2,1-2H3;1H. The first-order valence-corrected chi connectivity index (χ1v) is 9.55. The van der Waals surface area contributed by atoms with Crippen molar-refractivity contribution in [2.24, 2.45) is 0 Å². The monoisotopic (exact) mass is 487 g/mol. The van der Waals surface area contributed by atoms with E-state index in [1.54, 1.807) is 0 Å². The topological polar surface area (TPSA) is 36.6 Å². The minimum absolute atomic E-state index is 0. The number of phenols is 1. The number of benzene rings is 2. The van der Waals surface area contributed by atoms with Gasteiger partial charge in [0.2, 0.25) is 0 Å². The second-order valence-corrected chi connectivity index (χ2v) is 7.16. The summed E-state index contributed by atoms with van der Waals surface area (Å²) >= 11 is 7.11. The lowest BCUT2D eigenvalue weighted by molar-refractivity contribution is 0.290. The van der Waals surface area contributed by atoms with Gasteiger partial charge in [0, 0.05) is 23.1 Å². The highest BCUT2D eigenvalue weighted by molar-refractivity contribution is 9.11. The van der Waals surface area contributed by atoms with Gasteiger partial charge in [0.15, 0.2) is 4.67 Å². The SMILES string of the molecule is CCN(CC)Cc1cc2oc(Br)c(-c3ccccc3)c2c(Br)c1O.Cl. The third-order valence-corrected chi connectivity index (χ3v) is 5.61. The Labute approximate surface area is 170 Å². The van der Waals surface area contributed by atoms with Gasteiger partial charge in [-0.2, -0.15) is 0 Å². The third kappa shape index (κ3) is 3.90. The lowest BCUT2D eigenvalue weighted by Gasteiger charge is -2.19. The van der Waals surface area contributed by atoms with Crippen molar-refractivity contribution in [2.75, 3.05) is 13.1 Å². The summed E-state index contributed by atoms with van der Waals surface area (Å²) in [6.45, 7) is 6.79. The number of nitrogens with zero attached hydrogens (tertiary/aromatic N) is 1. The fourth-order valence-electron chi connectivity index (χ4n) is 2.90. The van der Waals surface area contributed by atoms with Crippen molar-refractivity contribution in [3.05, 3.63) is 51.1 Å². The summed E-state index contributed by atoms with van der Waals surface area (Å²) in [5, 5.41) is 11.6. The molecular formula is C19H20Br2ClNO2. The molecule has 3 aromatic rings. The molecule has 0 aliphatic heterocycles. The van der Waals surface area contributed by atoms with Crippen LogP contribution in [-0.2, 0) is 6.54 Å². The van der Waals surface area contributed by atoms with Crippen LogP contribution in [0.1, 0.15) is 19.4 Å². The van der Waals surface area contributed by atoms with Gasteiger partial charge in [-0.1, -0.05) is 44.2 Å². The maximum absolute atomic E-state index is 10.7. The fourth-order valence-corrected chi connectivity index (χ4v) is 4.15. The number of hydrogen-bond donors (Lipinski definition) is 1.